The Morgan fingerprint density at radius 1 is 1.00 bits per heavy atom. The van der Waals surface area contributed by atoms with Crippen molar-refractivity contribution in [3.05, 3.63) is 12.7 Å². The highest BCUT2D eigenvalue weighted by Crippen LogP contribution is 2.50. The van der Waals surface area contributed by atoms with E-state index in [1.54, 1.807) is 0 Å². The molecule has 3 unspecified atom stereocenters. The van der Waals surface area contributed by atoms with Crippen molar-refractivity contribution in [3.8, 4) is 0 Å². The summed E-state index contributed by atoms with van der Waals surface area (Å²) in [5.41, 5.74) is -1.19. The molecular formula is C30H50N6O7. The fraction of sp³-hybridized carbons (Fsp3) is 0.733. The molecule has 0 aromatic rings. The maximum Gasteiger partial charge on any atom is 0.406 e. The summed E-state index contributed by atoms with van der Waals surface area (Å²) in [5.74, 6) is -2.36. The lowest BCUT2D eigenvalue weighted by Crippen LogP contribution is -2.62. The second kappa shape index (κ2) is 14.7. The number of nitrogens with one attached hydrogen (secondary N) is 5. The van der Waals surface area contributed by atoms with E-state index < -0.39 is 70.6 Å². The summed E-state index contributed by atoms with van der Waals surface area (Å²) in [6.45, 7) is 16.9. The zero-order valence-corrected chi connectivity index (χ0v) is 26.8. The molecule has 1 saturated carbocycles. The Balaban J connectivity index is 2.20. The number of nitrogens with zero attached hydrogens (tertiary/aromatic N) is 1. The van der Waals surface area contributed by atoms with E-state index in [0.29, 0.717) is 13.0 Å². The molecule has 0 aromatic heterocycles. The minimum absolute atomic E-state index is 0.0579. The van der Waals surface area contributed by atoms with Gasteiger partial charge in [0.2, 0.25) is 17.6 Å². The van der Waals surface area contributed by atoms with Gasteiger partial charge in [0.15, 0.2) is 0 Å². The van der Waals surface area contributed by atoms with Crippen LogP contribution in [-0.2, 0) is 23.9 Å². The molecule has 2 fully saturated rings. The van der Waals surface area contributed by atoms with Crippen LogP contribution in [0.3, 0.4) is 0 Å². The molecule has 1 saturated heterocycles. The Kier molecular flexibility index (Phi) is 12.2. The highest BCUT2D eigenvalue weighted by Gasteiger charge is 2.58. The second-order valence-electron chi connectivity index (χ2n) is 13.5. The molecule has 2 aliphatic rings. The molecule has 13 nitrogen and oxygen atoms in total. The van der Waals surface area contributed by atoms with Gasteiger partial charge in [0.25, 0.3) is 5.91 Å². The smallest absolute Gasteiger partial charge is 0.406 e. The first-order valence-electron chi connectivity index (χ1n) is 14.9. The van der Waals surface area contributed by atoms with Gasteiger partial charge in [-0.3, -0.25) is 19.2 Å². The van der Waals surface area contributed by atoms with Crippen LogP contribution in [0.1, 0.15) is 67.7 Å². The number of ketones is 1. The molecule has 2 rings (SSSR count). The van der Waals surface area contributed by atoms with Crippen LogP contribution < -0.4 is 26.6 Å². The van der Waals surface area contributed by atoms with E-state index in [4.69, 9.17) is 4.74 Å². The van der Waals surface area contributed by atoms with Gasteiger partial charge in [-0.2, -0.15) is 0 Å². The Morgan fingerprint density at radius 2 is 1.65 bits per heavy atom. The quantitative estimate of drug-likeness (QED) is 0.156. The van der Waals surface area contributed by atoms with E-state index in [1.807, 2.05) is 48.5 Å². The SMILES string of the molecule is C=CCNC(=O)C(=O)C(CCC)NC(=O)C1[C@H]2C[C@H]2CN1C(=O)C(NC(=O)N[C@H](COC(=O)NC)C(C)(C)C)C(C)(C)C. The van der Waals surface area contributed by atoms with Gasteiger partial charge in [-0.1, -0.05) is 61.0 Å². The number of urea groups is 1. The summed E-state index contributed by atoms with van der Waals surface area (Å²) in [6.07, 6.45) is 2.43. The highest BCUT2D eigenvalue weighted by molar-refractivity contribution is 6.38. The van der Waals surface area contributed by atoms with E-state index in [1.165, 1.54) is 18.0 Å². The van der Waals surface area contributed by atoms with Crippen molar-refractivity contribution in [3.63, 3.8) is 0 Å². The fourth-order valence-corrected chi connectivity index (χ4v) is 5.14. The molecule has 1 heterocycles. The number of alkyl carbamates (subject to hydrolysis) is 1. The monoisotopic (exact) mass is 606 g/mol. The third-order valence-corrected chi connectivity index (χ3v) is 7.87. The lowest BCUT2D eigenvalue weighted by molar-refractivity contribution is -0.144. The molecule has 0 aromatic carbocycles. The predicted octanol–water partition coefficient (Wildman–Crippen LogP) is 1.47. The molecule has 0 spiro atoms. The van der Waals surface area contributed by atoms with Crippen molar-refractivity contribution < 1.29 is 33.5 Å². The summed E-state index contributed by atoms with van der Waals surface area (Å²) in [6, 6.07) is -4.00. The lowest BCUT2D eigenvalue weighted by atomic mass is 9.85. The number of carbonyl (C=O) groups is 6. The van der Waals surface area contributed by atoms with Crippen molar-refractivity contribution in [1.82, 2.24) is 31.5 Å². The first kappa shape index (κ1) is 35.6. The standard InChI is InChI=1S/C30H50N6O7/c1-10-12-19(22(37)25(39)32-13-11-2)33-24(38)21-18-14-17(18)15-36(21)26(40)23(30(6,7)8)35-27(41)34-20(29(3,4)5)16-43-28(42)31-9/h11,17-21,23H,2,10,12-16H2,1,3-9H3,(H,31,42)(H,32,39)(H,33,38)(H2,34,35,41)/t17-,18-,19?,20+,21?,23?/m0/s1. The van der Waals surface area contributed by atoms with Gasteiger partial charge >= 0.3 is 12.1 Å². The zero-order valence-electron chi connectivity index (χ0n) is 26.8. The van der Waals surface area contributed by atoms with Gasteiger partial charge in [0, 0.05) is 20.1 Å². The molecule has 43 heavy (non-hydrogen) atoms. The van der Waals surface area contributed by atoms with E-state index in [2.05, 4.69) is 33.2 Å². The summed E-state index contributed by atoms with van der Waals surface area (Å²) >= 11 is 0. The Bertz CT molecular complexity index is 1080. The van der Waals surface area contributed by atoms with Crippen LogP contribution >= 0.6 is 0 Å². The number of rotatable bonds is 13. The third-order valence-electron chi connectivity index (χ3n) is 7.87. The van der Waals surface area contributed by atoms with Crippen molar-refractivity contribution in [2.45, 2.75) is 91.9 Å². The van der Waals surface area contributed by atoms with Crippen molar-refractivity contribution in [2.75, 3.05) is 26.7 Å². The van der Waals surface area contributed by atoms with E-state index >= 15 is 0 Å². The number of fused-ring (bicyclic) bond motifs is 1. The second-order valence-corrected chi connectivity index (χ2v) is 13.5. The van der Waals surface area contributed by atoms with Gasteiger partial charge < -0.3 is 36.2 Å². The number of amides is 6. The van der Waals surface area contributed by atoms with Crippen molar-refractivity contribution >= 4 is 35.6 Å². The van der Waals surface area contributed by atoms with Crippen LogP contribution in [0.15, 0.2) is 12.7 Å². The largest absolute Gasteiger partial charge is 0.447 e. The van der Waals surface area contributed by atoms with Crippen LogP contribution in [0.2, 0.25) is 0 Å². The average molecular weight is 607 g/mol. The van der Waals surface area contributed by atoms with Crippen LogP contribution in [0, 0.1) is 22.7 Å². The van der Waals surface area contributed by atoms with Crippen LogP contribution in [-0.4, -0.2) is 91.4 Å². The summed E-state index contributed by atoms with van der Waals surface area (Å²) in [7, 11) is 1.44. The maximum absolute atomic E-state index is 14.0. The minimum Gasteiger partial charge on any atom is -0.447 e. The molecule has 6 atom stereocenters. The van der Waals surface area contributed by atoms with E-state index in [0.717, 1.165) is 6.42 Å². The van der Waals surface area contributed by atoms with Crippen molar-refractivity contribution in [2.24, 2.45) is 22.7 Å². The zero-order chi connectivity index (χ0) is 32.7. The molecule has 1 aliphatic carbocycles. The first-order valence-corrected chi connectivity index (χ1v) is 14.9. The molecule has 0 bridgehead atoms. The Hall–Kier alpha value is -3.64. The van der Waals surface area contributed by atoms with Gasteiger partial charge in [-0.25, -0.2) is 9.59 Å². The molecule has 6 amide bonds. The number of carbonyl (C=O) groups excluding carboxylic acids is 6. The van der Waals surface area contributed by atoms with Crippen molar-refractivity contribution in [1.29, 1.82) is 0 Å². The Morgan fingerprint density at radius 3 is 2.19 bits per heavy atom. The summed E-state index contributed by atoms with van der Waals surface area (Å²) in [4.78, 5) is 79.0. The number of piperidine rings is 1. The maximum atomic E-state index is 14.0. The molecular weight excluding hydrogens is 556 g/mol. The average Bonchev–Trinajstić information content (AvgIpc) is 3.58. The van der Waals surface area contributed by atoms with Crippen LogP contribution in [0.4, 0.5) is 9.59 Å². The highest BCUT2D eigenvalue weighted by atomic mass is 16.5. The molecule has 5 N–H and O–H groups in total. The van der Waals surface area contributed by atoms with Gasteiger partial charge in [0.1, 0.15) is 18.7 Å². The molecule has 1 aliphatic heterocycles. The Labute approximate surface area is 254 Å². The number of likely N-dealkylation sites (tertiary alicyclic amines) is 1. The van der Waals surface area contributed by atoms with Gasteiger partial charge in [0.05, 0.1) is 12.1 Å². The van der Waals surface area contributed by atoms with Crippen LogP contribution in [0.5, 0.6) is 0 Å². The molecule has 13 heteroatoms. The fourth-order valence-electron chi connectivity index (χ4n) is 5.14. The lowest BCUT2D eigenvalue weighted by Gasteiger charge is -2.37. The number of ether oxygens (including phenoxy) is 1. The predicted molar refractivity (Wildman–Crippen MR) is 161 cm³/mol. The van der Waals surface area contributed by atoms with Gasteiger partial charge in [-0.15, -0.1) is 6.58 Å². The number of hydrogen-bond donors (Lipinski definition) is 5. The molecule has 242 valence electrons. The first-order chi connectivity index (χ1) is 20.0. The third kappa shape index (κ3) is 9.69. The molecule has 0 radical (unpaired) electrons. The summed E-state index contributed by atoms with van der Waals surface area (Å²) < 4.78 is 5.17. The summed E-state index contributed by atoms with van der Waals surface area (Å²) in [5, 5.41) is 13.2. The normalized spacial score (nSPS) is 21.3. The van der Waals surface area contributed by atoms with Crippen LogP contribution in [0.25, 0.3) is 0 Å². The van der Waals surface area contributed by atoms with E-state index in [-0.39, 0.29) is 31.4 Å². The van der Waals surface area contributed by atoms with E-state index in [9.17, 15) is 28.8 Å². The topological polar surface area (TPSA) is 175 Å². The number of hydrogen-bond acceptors (Lipinski definition) is 7. The van der Waals surface area contributed by atoms with Gasteiger partial charge in [-0.05, 0) is 35.5 Å². The number of Topliss-reactive ketones (excluding diaryl/α,β-unsaturated/α-hetero) is 1. The minimum atomic E-state index is -1.02.